The molecule has 0 aromatic heterocycles. The maximum absolute atomic E-state index is 5.83. The van der Waals surface area contributed by atoms with Crippen LogP contribution in [0.25, 0.3) is 0 Å². The molecular formula is C12H26N2O2Si. The molecule has 1 rings (SSSR count). The summed E-state index contributed by atoms with van der Waals surface area (Å²) in [5, 5.41) is 0. The maximum atomic E-state index is 5.83. The van der Waals surface area contributed by atoms with Gasteiger partial charge in [-0.25, -0.2) is 0 Å². The highest BCUT2D eigenvalue weighted by atomic mass is 28.4. The minimum absolute atomic E-state index is 0.0191. The van der Waals surface area contributed by atoms with E-state index in [1.54, 1.807) is 14.2 Å². The number of rotatable bonds is 2. The van der Waals surface area contributed by atoms with E-state index in [9.17, 15) is 0 Å². The van der Waals surface area contributed by atoms with E-state index >= 15 is 0 Å². The van der Waals surface area contributed by atoms with Crippen molar-refractivity contribution in [1.82, 2.24) is 9.13 Å². The highest BCUT2D eigenvalue weighted by molar-refractivity contribution is 6.63. The van der Waals surface area contributed by atoms with Gasteiger partial charge in [0.05, 0.1) is 0 Å². The van der Waals surface area contributed by atoms with Crippen LogP contribution in [0.2, 0.25) is 0 Å². The van der Waals surface area contributed by atoms with Crippen LogP contribution >= 0.6 is 0 Å². The summed E-state index contributed by atoms with van der Waals surface area (Å²) in [5.74, 6) is 0. The Balaban J connectivity index is 3.20. The molecule has 0 aromatic carbocycles. The van der Waals surface area contributed by atoms with Crippen LogP contribution in [0.5, 0.6) is 0 Å². The zero-order chi connectivity index (χ0) is 13.5. The summed E-state index contributed by atoms with van der Waals surface area (Å²) in [7, 11) is 0.918. The van der Waals surface area contributed by atoms with E-state index < -0.39 is 8.88 Å². The summed E-state index contributed by atoms with van der Waals surface area (Å²) in [6.07, 6.45) is 4.18. The van der Waals surface area contributed by atoms with Gasteiger partial charge < -0.3 is 18.0 Å². The van der Waals surface area contributed by atoms with Crippen LogP contribution in [0.4, 0.5) is 0 Å². The highest BCUT2D eigenvalue weighted by Gasteiger charge is 2.58. The Morgan fingerprint density at radius 3 is 1.24 bits per heavy atom. The Labute approximate surface area is 107 Å². The molecule has 0 unspecified atom stereocenters. The fourth-order valence-corrected chi connectivity index (χ4v) is 5.60. The molecule has 0 saturated carbocycles. The van der Waals surface area contributed by atoms with Crippen molar-refractivity contribution in [2.75, 3.05) is 14.2 Å². The van der Waals surface area contributed by atoms with Crippen molar-refractivity contribution in [3.63, 3.8) is 0 Å². The Morgan fingerprint density at radius 1 is 0.765 bits per heavy atom. The molecule has 0 saturated heterocycles. The summed E-state index contributed by atoms with van der Waals surface area (Å²) in [4.78, 5) is 0. The fourth-order valence-electron chi connectivity index (χ4n) is 2.21. The summed E-state index contributed by atoms with van der Waals surface area (Å²) in [6.45, 7) is 13.0. The van der Waals surface area contributed by atoms with Crippen molar-refractivity contribution >= 4 is 8.88 Å². The maximum Gasteiger partial charge on any atom is 0.588 e. The van der Waals surface area contributed by atoms with Crippen molar-refractivity contribution in [3.8, 4) is 0 Å². The lowest BCUT2D eigenvalue weighted by Gasteiger charge is -2.48. The average molecular weight is 258 g/mol. The van der Waals surface area contributed by atoms with Crippen LogP contribution in [-0.2, 0) is 8.85 Å². The first kappa shape index (κ1) is 14.5. The quantitative estimate of drug-likeness (QED) is 0.710. The molecule has 0 amide bonds. The molecule has 1 aliphatic heterocycles. The molecular weight excluding hydrogens is 232 g/mol. The molecule has 0 fully saturated rings. The molecule has 0 aliphatic carbocycles. The van der Waals surface area contributed by atoms with Gasteiger partial charge in [0, 0.05) is 37.7 Å². The molecule has 17 heavy (non-hydrogen) atoms. The minimum atomic E-state index is -2.55. The number of hydrogen-bond acceptors (Lipinski definition) is 4. The Morgan fingerprint density at radius 2 is 1.06 bits per heavy atom. The second-order valence-corrected chi connectivity index (χ2v) is 9.21. The van der Waals surface area contributed by atoms with Crippen LogP contribution in [0.3, 0.4) is 0 Å². The van der Waals surface area contributed by atoms with Crippen molar-refractivity contribution in [1.29, 1.82) is 0 Å². The van der Waals surface area contributed by atoms with Crippen LogP contribution in [0.15, 0.2) is 12.4 Å². The largest absolute Gasteiger partial charge is 0.588 e. The second kappa shape index (κ2) is 4.30. The fraction of sp³-hybridized carbons (Fsp3) is 0.833. The monoisotopic (exact) mass is 258 g/mol. The Kier molecular flexibility index (Phi) is 3.67. The van der Waals surface area contributed by atoms with E-state index in [1.807, 2.05) is 0 Å². The predicted molar refractivity (Wildman–Crippen MR) is 72.1 cm³/mol. The molecule has 100 valence electrons. The van der Waals surface area contributed by atoms with Gasteiger partial charge in [-0.3, -0.25) is 0 Å². The average Bonchev–Trinajstić information content (AvgIpc) is 2.55. The molecule has 0 spiro atoms. The zero-order valence-electron chi connectivity index (χ0n) is 12.4. The molecule has 0 aromatic rings. The van der Waals surface area contributed by atoms with Gasteiger partial charge in [-0.1, -0.05) is 0 Å². The van der Waals surface area contributed by atoms with E-state index in [-0.39, 0.29) is 11.1 Å². The van der Waals surface area contributed by atoms with Gasteiger partial charge >= 0.3 is 8.88 Å². The topological polar surface area (TPSA) is 24.9 Å². The van der Waals surface area contributed by atoms with Gasteiger partial charge in [0.25, 0.3) is 0 Å². The summed E-state index contributed by atoms with van der Waals surface area (Å²) < 4.78 is 16.1. The zero-order valence-corrected chi connectivity index (χ0v) is 13.4. The molecule has 0 radical (unpaired) electrons. The molecule has 5 heteroatoms. The lowest BCUT2D eigenvalue weighted by molar-refractivity contribution is 0.0846. The van der Waals surface area contributed by atoms with E-state index in [1.165, 1.54) is 0 Å². The second-order valence-electron chi connectivity index (χ2n) is 6.34. The first-order chi connectivity index (χ1) is 7.59. The van der Waals surface area contributed by atoms with E-state index in [0.29, 0.717) is 0 Å². The van der Waals surface area contributed by atoms with E-state index in [4.69, 9.17) is 8.85 Å². The number of nitrogens with zero attached hydrogens (tertiary/aromatic N) is 2. The number of hydrogen-bond donors (Lipinski definition) is 0. The summed E-state index contributed by atoms with van der Waals surface area (Å²) in [5.41, 5.74) is -0.0382. The van der Waals surface area contributed by atoms with Crippen molar-refractivity contribution in [2.45, 2.75) is 52.6 Å². The third-order valence-corrected chi connectivity index (χ3v) is 6.87. The SMILES string of the molecule is CO[Si]1(OC)N(C(C)(C)C)C=CN1C(C)(C)C. The van der Waals surface area contributed by atoms with Crippen LogP contribution < -0.4 is 0 Å². The van der Waals surface area contributed by atoms with Crippen molar-refractivity contribution < 1.29 is 8.85 Å². The van der Waals surface area contributed by atoms with E-state index in [2.05, 4.69) is 63.1 Å². The minimum Gasteiger partial charge on any atom is -0.365 e. The molecule has 1 aliphatic rings. The molecule has 4 nitrogen and oxygen atoms in total. The molecule has 0 bridgehead atoms. The van der Waals surface area contributed by atoms with Gasteiger partial charge in [-0.15, -0.1) is 0 Å². The normalized spacial score (nSPS) is 20.2. The standard InChI is InChI=1S/C12H26N2O2Si/c1-11(2,3)13-9-10-14(12(4,5)6)17(13,15-7)16-8/h9-10H,1-8H3. The van der Waals surface area contributed by atoms with Gasteiger partial charge in [-0.05, 0) is 41.5 Å². The van der Waals surface area contributed by atoms with Crippen LogP contribution in [0, 0.1) is 0 Å². The van der Waals surface area contributed by atoms with Gasteiger partial charge in [0.15, 0.2) is 0 Å². The van der Waals surface area contributed by atoms with Crippen molar-refractivity contribution in [3.05, 3.63) is 12.4 Å². The predicted octanol–water partition coefficient (Wildman–Crippen LogP) is 2.40. The van der Waals surface area contributed by atoms with Gasteiger partial charge in [0.1, 0.15) is 0 Å². The Bertz CT molecular complexity index is 275. The summed E-state index contributed by atoms with van der Waals surface area (Å²) in [6, 6.07) is 0. The van der Waals surface area contributed by atoms with Gasteiger partial charge in [0.2, 0.25) is 0 Å². The molecule has 0 N–H and O–H groups in total. The third-order valence-electron chi connectivity index (χ3n) is 2.95. The van der Waals surface area contributed by atoms with Gasteiger partial charge in [-0.2, -0.15) is 0 Å². The van der Waals surface area contributed by atoms with Crippen LogP contribution in [0.1, 0.15) is 41.5 Å². The van der Waals surface area contributed by atoms with Crippen LogP contribution in [-0.4, -0.2) is 43.3 Å². The molecule has 1 heterocycles. The first-order valence-corrected chi connectivity index (χ1v) is 7.68. The third kappa shape index (κ3) is 2.36. The van der Waals surface area contributed by atoms with Crippen molar-refractivity contribution in [2.24, 2.45) is 0 Å². The smallest absolute Gasteiger partial charge is 0.365 e. The first-order valence-electron chi connectivity index (χ1n) is 5.97. The summed E-state index contributed by atoms with van der Waals surface area (Å²) >= 11 is 0. The lowest BCUT2D eigenvalue weighted by Crippen LogP contribution is -2.70. The Hall–Kier alpha value is -0.523. The molecule has 0 atom stereocenters. The lowest BCUT2D eigenvalue weighted by atomic mass is 10.1. The van der Waals surface area contributed by atoms with E-state index in [0.717, 1.165) is 0 Å². The highest BCUT2D eigenvalue weighted by Crippen LogP contribution is 2.36.